The van der Waals surface area contributed by atoms with Crippen molar-refractivity contribution in [1.29, 1.82) is 0 Å². The molecule has 4 aromatic rings. The molecular formula is C25H21N3O4. The molecule has 0 aliphatic carbocycles. The van der Waals surface area contributed by atoms with E-state index in [0.717, 1.165) is 27.1 Å². The van der Waals surface area contributed by atoms with Crippen LogP contribution >= 0.6 is 0 Å². The number of hydrogen-bond donors (Lipinski definition) is 1. The highest BCUT2D eigenvalue weighted by atomic mass is 16.6. The predicted molar refractivity (Wildman–Crippen MR) is 125 cm³/mol. The zero-order chi connectivity index (χ0) is 22.7. The predicted octanol–water partition coefficient (Wildman–Crippen LogP) is 5.05. The molecule has 0 heterocycles. The Morgan fingerprint density at radius 2 is 1.56 bits per heavy atom. The highest BCUT2D eigenvalue weighted by Crippen LogP contribution is 2.29. The minimum Gasteiger partial charge on any atom is -0.483 e. The molecule has 0 radical (unpaired) electrons. The van der Waals surface area contributed by atoms with Crippen LogP contribution in [-0.4, -0.2) is 23.7 Å². The number of hydrogen-bond acceptors (Lipinski definition) is 5. The maximum atomic E-state index is 12.3. The first-order chi connectivity index (χ1) is 15.4. The van der Waals surface area contributed by atoms with Crippen molar-refractivity contribution in [2.75, 3.05) is 6.61 Å². The van der Waals surface area contributed by atoms with Crippen LogP contribution in [0, 0.1) is 24.0 Å². The molecular weight excluding hydrogens is 406 g/mol. The molecule has 0 fully saturated rings. The van der Waals surface area contributed by atoms with Crippen LogP contribution in [0.1, 0.15) is 16.7 Å². The van der Waals surface area contributed by atoms with Gasteiger partial charge in [0.15, 0.2) is 6.61 Å². The van der Waals surface area contributed by atoms with E-state index in [1.54, 1.807) is 20.1 Å². The van der Waals surface area contributed by atoms with Crippen molar-refractivity contribution >= 4 is 39.4 Å². The number of ether oxygens (including phenoxy) is 1. The first-order valence-electron chi connectivity index (χ1n) is 10.0. The Balaban J connectivity index is 1.50. The van der Waals surface area contributed by atoms with E-state index in [1.165, 1.54) is 12.1 Å². The summed E-state index contributed by atoms with van der Waals surface area (Å²) in [6.45, 7) is 3.15. The van der Waals surface area contributed by atoms with Gasteiger partial charge in [-0.1, -0.05) is 48.5 Å². The quantitative estimate of drug-likeness (QED) is 0.202. The van der Waals surface area contributed by atoms with Gasteiger partial charge >= 0.3 is 0 Å². The molecule has 160 valence electrons. The lowest BCUT2D eigenvalue weighted by Gasteiger charge is -2.11. The molecule has 4 rings (SSSR count). The molecule has 1 N–H and O–H groups in total. The topological polar surface area (TPSA) is 93.8 Å². The average Bonchev–Trinajstić information content (AvgIpc) is 2.77. The molecule has 4 aromatic carbocycles. The summed E-state index contributed by atoms with van der Waals surface area (Å²) in [6.07, 6.45) is 1.64. The van der Waals surface area contributed by atoms with Gasteiger partial charge in [-0.3, -0.25) is 14.9 Å². The maximum absolute atomic E-state index is 12.3. The molecule has 0 saturated heterocycles. The third kappa shape index (κ3) is 4.27. The third-order valence-electron chi connectivity index (χ3n) is 5.20. The molecule has 0 aliphatic rings. The number of nitrogens with one attached hydrogen (secondary N) is 1. The number of benzene rings is 4. The zero-order valence-electron chi connectivity index (χ0n) is 17.7. The highest BCUT2D eigenvalue weighted by molar-refractivity contribution is 6.13. The van der Waals surface area contributed by atoms with Gasteiger partial charge in [0.2, 0.25) is 0 Å². The van der Waals surface area contributed by atoms with Crippen molar-refractivity contribution in [3.63, 3.8) is 0 Å². The number of rotatable bonds is 6. The van der Waals surface area contributed by atoms with Crippen molar-refractivity contribution in [3.05, 3.63) is 93.5 Å². The van der Waals surface area contributed by atoms with Gasteiger partial charge in [0.25, 0.3) is 11.6 Å². The van der Waals surface area contributed by atoms with Crippen LogP contribution in [0.3, 0.4) is 0 Å². The molecule has 0 aliphatic heterocycles. The molecule has 1 amide bonds. The number of nitro benzene ring substituents is 1. The van der Waals surface area contributed by atoms with E-state index >= 15 is 0 Å². The summed E-state index contributed by atoms with van der Waals surface area (Å²) in [7, 11) is 0. The Morgan fingerprint density at radius 3 is 2.12 bits per heavy atom. The summed E-state index contributed by atoms with van der Waals surface area (Å²) in [4.78, 5) is 22.8. The molecule has 0 atom stereocenters. The molecule has 32 heavy (non-hydrogen) atoms. The number of nitrogens with zero attached hydrogens (tertiary/aromatic N) is 2. The normalized spacial score (nSPS) is 11.2. The Kier molecular flexibility index (Phi) is 5.81. The summed E-state index contributed by atoms with van der Waals surface area (Å²) >= 11 is 0. The van der Waals surface area contributed by atoms with Crippen LogP contribution in [-0.2, 0) is 4.79 Å². The van der Waals surface area contributed by atoms with Crippen LogP contribution < -0.4 is 10.2 Å². The third-order valence-corrected chi connectivity index (χ3v) is 5.20. The maximum Gasteiger partial charge on any atom is 0.277 e. The van der Waals surface area contributed by atoms with E-state index in [9.17, 15) is 14.9 Å². The minimum atomic E-state index is -0.456. The number of carbonyl (C=O) groups excluding carboxylic acids is 1. The number of amides is 1. The van der Waals surface area contributed by atoms with Gasteiger partial charge in [0, 0.05) is 17.7 Å². The van der Waals surface area contributed by atoms with Crippen molar-refractivity contribution < 1.29 is 14.5 Å². The molecule has 0 aromatic heterocycles. The second-order valence-corrected chi connectivity index (χ2v) is 7.48. The fourth-order valence-electron chi connectivity index (χ4n) is 3.79. The number of fused-ring (bicyclic) bond motifs is 2. The van der Waals surface area contributed by atoms with Crippen molar-refractivity contribution in [2.24, 2.45) is 5.10 Å². The van der Waals surface area contributed by atoms with Crippen LogP contribution in [0.15, 0.2) is 71.8 Å². The first kappa shape index (κ1) is 21.0. The second-order valence-electron chi connectivity index (χ2n) is 7.48. The average molecular weight is 427 g/mol. The zero-order valence-corrected chi connectivity index (χ0v) is 17.7. The van der Waals surface area contributed by atoms with Crippen molar-refractivity contribution in [3.8, 4) is 5.75 Å². The Morgan fingerprint density at radius 1 is 1.00 bits per heavy atom. The second kappa shape index (κ2) is 8.85. The SMILES string of the molecule is Cc1cc([N+](=O)[O-])cc(C)c1OCC(=O)NN=Cc1c2ccccc2cc2ccccc12. The van der Waals surface area contributed by atoms with Crippen LogP contribution in [0.4, 0.5) is 5.69 Å². The smallest absolute Gasteiger partial charge is 0.277 e. The molecule has 7 heteroatoms. The lowest BCUT2D eigenvalue weighted by molar-refractivity contribution is -0.385. The molecule has 0 bridgehead atoms. The van der Waals surface area contributed by atoms with Gasteiger partial charge in [-0.05, 0) is 52.6 Å². The largest absolute Gasteiger partial charge is 0.483 e. The first-order valence-corrected chi connectivity index (χ1v) is 10.0. The van der Waals surface area contributed by atoms with Gasteiger partial charge in [0.1, 0.15) is 5.75 Å². The molecule has 0 saturated carbocycles. The standard InChI is InChI=1S/C25H21N3O4/c1-16-11-20(28(30)31)12-17(2)25(16)32-15-24(29)27-26-14-23-21-9-5-3-7-18(21)13-19-8-4-6-10-22(19)23/h3-14H,15H2,1-2H3,(H,27,29). The Bertz CT molecular complexity index is 1300. The summed E-state index contributed by atoms with van der Waals surface area (Å²) < 4.78 is 5.60. The Hall–Kier alpha value is -4.26. The van der Waals surface area contributed by atoms with Gasteiger partial charge in [-0.2, -0.15) is 5.10 Å². The van der Waals surface area contributed by atoms with E-state index in [2.05, 4.69) is 16.6 Å². The van der Waals surface area contributed by atoms with Gasteiger partial charge in [0.05, 0.1) is 11.1 Å². The lowest BCUT2D eigenvalue weighted by atomic mass is 9.97. The van der Waals surface area contributed by atoms with Crippen LogP contribution in [0.5, 0.6) is 5.75 Å². The number of non-ortho nitro benzene ring substituents is 1. The van der Waals surface area contributed by atoms with E-state index in [4.69, 9.17) is 4.74 Å². The lowest BCUT2D eigenvalue weighted by Crippen LogP contribution is -2.25. The van der Waals surface area contributed by atoms with E-state index in [0.29, 0.717) is 16.9 Å². The van der Waals surface area contributed by atoms with Crippen LogP contribution in [0.2, 0.25) is 0 Å². The molecule has 0 spiro atoms. The van der Waals surface area contributed by atoms with Crippen LogP contribution in [0.25, 0.3) is 21.5 Å². The minimum absolute atomic E-state index is 0.0104. The van der Waals surface area contributed by atoms with Gasteiger partial charge in [-0.25, -0.2) is 5.43 Å². The number of nitro groups is 1. The Labute approximate surface area is 184 Å². The fourth-order valence-corrected chi connectivity index (χ4v) is 3.79. The number of aryl methyl sites for hydroxylation is 2. The number of hydrazone groups is 1. The monoisotopic (exact) mass is 427 g/mol. The highest BCUT2D eigenvalue weighted by Gasteiger charge is 2.14. The number of carbonyl (C=O) groups is 1. The summed E-state index contributed by atoms with van der Waals surface area (Å²) in [5.74, 6) is 0.0257. The summed E-state index contributed by atoms with van der Waals surface area (Å²) in [5.41, 5.74) is 4.59. The van der Waals surface area contributed by atoms with Crippen molar-refractivity contribution in [1.82, 2.24) is 5.43 Å². The van der Waals surface area contributed by atoms with E-state index < -0.39 is 10.8 Å². The summed E-state index contributed by atoms with van der Waals surface area (Å²) in [6, 6.07) is 21.0. The fraction of sp³-hybridized carbons (Fsp3) is 0.120. The summed E-state index contributed by atoms with van der Waals surface area (Å²) in [5, 5.41) is 19.4. The van der Waals surface area contributed by atoms with Crippen molar-refractivity contribution in [2.45, 2.75) is 13.8 Å². The van der Waals surface area contributed by atoms with E-state index in [-0.39, 0.29) is 12.3 Å². The van der Waals surface area contributed by atoms with Gasteiger partial charge < -0.3 is 4.74 Å². The molecule has 7 nitrogen and oxygen atoms in total. The van der Waals surface area contributed by atoms with E-state index in [1.807, 2.05) is 48.5 Å². The molecule has 0 unspecified atom stereocenters. The van der Waals surface area contributed by atoms with Gasteiger partial charge in [-0.15, -0.1) is 0 Å².